The van der Waals surface area contributed by atoms with E-state index in [-0.39, 0.29) is 5.75 Å². The molecule has 28 heavy (non-hydrogen) atoms. The van der Waals surface area contributed by atoms with Crippen molar-refractivity contribution in [2.45, 2.75) is 13.5 Å². The SMILES string of the molecule is CCn1c2ccccc2c2cccc(Nc3cc(O)c4ccccc4c3Cl)c21. The first kappa shape index (κ1) is 17.0. The van der Waals surface area contributed by atoms with Gasteiger partial charge in [-0.15, -0.1) is 0 Å². The maximum absolute atomic E-state index is 10.5. The molecule has 0 saturated heterocycles. The Hall–Kier alpha value is -3.17. The number of para-hydroxylation sites is 2. The monoisotopic (exact) mass is 386 g/mol. The van der Waals surface area contributed by atoms with Crippen LogP contribution in [0.3, 0.4) is 0 Å². The summed E-state index contributed by atoms with van der Waals surface area (Å²) < 4.78 is 2.31. The van der Waals surface area contributed by atoms with Crippen LogP contribution in [0.4, 0.5) is 11.4 Å². The third-order valence-corrected chi connectivity index (χ3v) is 5.74. The Labute approximate surface area is 167 Å². The van der Waals surface area contributed by atoms with Crippen LogP contribution >= 0.6 is 11.6 Å². The first-order valence-corrected chi connectivity index (χ1v) is 9.74. The summed E-state index contributed by atoms with van der Waals surface area (Å²) in [7, 11) is 0. The van der Waals surface area contributed by atoms with E-state index in [2.05, 4.69) is 53.2 Å². The number of phenols is 1. The molecule has 0 saturated carbocycles. The number of hydrogen-bond acceptors (Lipinski definition) is 2. The van der Waals surface area contributed by atoms with Crippen LogP contribution in [0.15, 0.2) is 72.8 Å². The van der Waals surface area contributed by atoms with E-state index in [1.165, 1.54) is 16.3 Å². The molecule has 0 amide bonds. The van der Waals surface area contributed by atoms with E-state index in [0.29, 0.717) is 10.7 Å². The fraction of sp³-hybridized carbons (Fsp3) is 0.0833. The lowest BCUT2D eigenvalue weighted by atomic mass is 10.1. The second kappa shape index (κ2) is 6.47. The van der Waals surface area contributed by atoms with Gasteiger partial charge in [-0.25, -0.2) is 0 Å². The van der Waals surface area contributed by atoms with Crippen LogP contribution in [-0.4, -0.2) is 9.67 Å². The first-order chi connectivity index (χ1) is 13.7. The third kappa shape index (κ3) is 2.44. The van der Waals surface area contributed by atoms with Crippen molar-refractivity contribution in [3.8, 4) is 5.75 Å². The summed E-state index contributed by atoms with van der Waals surface area (Å²) >= 11 is 6.69. The summed E-state index contributed by atoms with van der Waals surface area (Å²) in [6.07, 6.45) is 0. The summed E-state index contributed by atoms with van der Waals surface area (Å²) in [6, 6.07) is 24.0. The highest BCUT2D eigenvalue weighted by molar-refractivity contribution is 6.38. The molecule has 3 nitrogen and oxygen atoms in total. The quantitative estimate of drug-likeness (QED) is 0.348. The molecule has 4 aromatic carbocycles. The van der Waals surface area contributed by atoms with Crippen molar-refractivity contribution < 1.29 is 5.11 Å². The van der Waals surface area contributed by atoms with E-state index in [1.807, 2.05) is 30.3 Å². The van der Waals surface area contributed by atoms with Crippen LogP contribution in [0.5, 0.6) is 5.75 Å². The normalized spacial score (nSPS) is 11.5. The molecule has 0 spiro atoms. The number of hydrogen-bond donors (Lipinski definition) is 2. The van der Waals surface area contributed by atoms with Gasteiger partial charge in [0.1, 0.15) is 5.75 Å². The fourth-order valence-electron chi connectivity index (χ4n) is 4.10. The van der Waals surface area contributed by atoms with E-state index in [1.54, 1.807) is 6.07 Å². The average Bonchev–Trinajstić information content (AvgIpc) is 3.06. The molecule has 1 heterocycles. The van der Waals surface area contributed by atoms with Crippen molar-refractivity contribution in [2.24, 2.45) is 0 Å². The Morgan fingerprint density at radius 3 is 2.29 bits per heavy atom. The van der Waals surface area contributed by atoms with Crippen molar-refractivity contribution in [1.82, 2.24) is 4.57 Å². The predicted octanol–water partition coefficient (Wildman–Crippen LogP) is 7.07. The molecule has 5 rings (SSSR count). The highest BCUT2D eigenvalue weighted by Gasteiger charge is 2.15. The number of aromatic nitrogens is 1. The molecule has 0 aliphatic rings. The van der Waals surface area contributed by atoms with Crippen LogP contribution in [0, 0.1) is 0 Å². The molecule has 0 fully saturated rings. The van der Waals surface area contributed by atoms with E-state index in [9.17, 15) is 5.11 Å². The van der Waals surface area contributed by atoms with Crippen molar-refractivity contribution in [3.05, 3.63) is 77.8 Å². The molecule has 0 radical (unpaired) electrons. The zero-order valence-corrected chi connectivity index (χ0v) is 16.2. The Kier molecular flexibility index (Phi) is 3.92. The number of aryl methyl sites for hydroxylation is 1. The molecule has 0 unspecified atom stereocenters. The summed E-state index contributed by atoms with van der Waals surface area (Å²) in [6.45, 7) is 3.01. The molecule has 2 N–H and O–H groups in total. The number of nitrogens with one attached hydrogen (secondary N) is 1. The third-order valence-electron chi connectivity index (χ3n) is 5.33. The second-order valence-electron chi connectivity index (χ2n) is 6.89. The summed E-state index contributed by atoms with van der Waals surface area (Å²) in [4.78, 5) is 0. The van der Waals surface area contributed by atoms with Crippen LogP contribution in [-0.2, 0) is 6.54 Å². The molecule has 1 aromatic heterocycles. The van der Waals surface area contributed by atoms with Crippen LogP contribution in [0.2, 0.25) is 5.02 Å². The zero-order valence-electron chi connectivity index (χ0n) is 15.4. The number of nitrogens with zero attached hydrogens (tertiary/aromatic N) is 1. The van der Waals surface area contributed by atoms with Gasteiger partial charge in [0, 0.05) is 39.7 Å². The predicted molar refractivity (Wildman–Crippen MR) is 119 cm³/mol. The fourth-order valence-corrected chi connectivity index (χ4v) is 4.36. The first-order valence-electron chi connectivity index (χ1n) is 9.36. The van der Waals surface area contributed by atoms with Gasteiger partial charge in [0.2, 0.25) is 0 Å². The van der Waals surface area contributed by atoms with Crippen molar-refractivity contribution in [2.75, 3.05) is 5.32 Å². The van der Waals surface area contributed by atoms with Gasteiger partial charge in [-0.2, -0.15) is 0 Å². The molecule has 4 heteroatoms. The Bertz CT molecular complexity index is 1350. The van der Waals surface area contributed by atoms with Crippen LogP contribution in [0.1, 0.15) is 6.92 Å². The lowest BCUT2D eigenvalue weighted by Crippen LogP contribution is -1.98. The highest BCUT2D eigenvalue weighted by Crippen LogP contribution is 2.40. The lowest BCUT2D eigenvalue weighted by Gasteiger charge is -2.14. The van der Waals surface area contributed by atoms with Crippen molar-refractivity contribution in [1.29, 1.82) is 0 Å². The van der Waals surface area contributed by atoms with Gasteiger partial charge >= 0.3 is 0 Å². The second-order valence-corrected chi connectivity index (χ2v) is 7.27. The Morgan fingerprint density at radius 2 is 1.50 bits per heavy atom. The minimum absolute atomic E-state index is 0.214. The maximum Gasteiger partial charge on any atom is 0.125 e. The summed E-state index contributed by atoms with van der Waals surface area (Å²) in [5.74, 6) is 0.214. The molecule has 0 aliphatic carbocycles. The number of rotatable bonds is 3. The van der Waals surface area contributed by atoms with E-state index in [0.717, 1.165) is 28.5 Å². The molecular formula is C24H19ClN2O. The molecule has 0 bridgehead atoms. The lowest BCUT2D eigenvalue weighted by molar-refractivity contribution is 0.482. The number of fused-ring (bicyclic) bond motifs is 4. The number of halogens is 1. The molecule has 138 valence electrons. The van der Waals surface area contributed by atoms with Crippen LogP contribution < -0.4 is 5.32 Å². The van der Waals surface area contributed by atoms with Gasteiger partial charge in [0.25, 0.3) is 0 Å². The standard InChI is InChI=1S/C24H19ClN2O/c1-2-27-21-13-6-5-8-15(21)18-11-7-12-19(24(18)27)26-20-14-22(28)16-9-3-4-10-17(16)23(20)25/h3-14,26,28H,2H2,1H3. The molecule has 0 aliphatic heterocycles. The molecule has 0 atom stereocenters. The largest absolute Gasteiger partial charge is 0.507 e. The maximum atomic E-state index is 10.5. The highest BCUT2D eigenvalue weighted by atomic mass is 35.5. The Balaban J connectivity index is 1.75. The number of phenolic OH excluding ortho intramolecular Hbond substituents is 1. The van der Waals surface area contributed by atoms with Crippen molar-refractivity contribution in [3.63, 3.8) is 0 Å². The van der Waals surface area contributed by atoms with Gasteiger partial charge in [0.15, 0.2) is 0 Å². The number of anilines is 2. The van der Waals surface area contributed by atoms with Gasteiger partial charge in [-0.1, -0.05) is 66.2 Å². The van der Waals surface area contributed by atoms with E-state index < -0.39 is 0 Å². The van der Waals surface area contributed by atoms with Gasteiger partial charge in [0.05, 0.1) is 21.9 Å². The minimum atomic E-state index is 0.214. The van der Waals surface area contributed by atoms with Crippen LogP contribution in [0.25, 0.3) is 32.6 Å². The molecular weight excluding hydrogens is 368 g/mol. The van der Waals surface area contributed by atoms with Gasteiger partial charge < -0.3 is 15.0 Å². The smallest absolute Gasteiger partial charge is 0.125 e. The Morgan fingerprint density at radius 1 is 0.821 bits per heavy atom. The number of benzene rings is 4. The van der Waals surface area contributed by atoms with Crippen molar-refractivity contribution >= 4 is 55.6 Å². The zero-order chi connectivity index (χ0) is 19.3. The molecule has 5 aromatic rings. The van der Waals surface area contributed by atoms with Gasteiger partial charge in [-0.05, 0) is 19.1 Å². The minimum Gasteiger partial charge on any atom is -0.507 e. The van der Waals surface area contributed by atoms with Gasteiger partial charge in [-0.3, -0.25) is 0 Å². The summed E-state index contributed by atoms with van der Waals surface area (Å²) in [5, 5.41) is 18.6. The topological polar surface area (TPSA) is 37.2 Å². The average molecular weight is 387 g/mol. The number of aromatic hydroxyl groups is 1. The summed E-state index contributed by atoms with van der Waals surface area (Å²) in [5.41, 5.74) is 4.00. The van der Waals surface area contributed by atoms with E-state index in [4.69, 9.17) is 11.6 Å². The van der Waals surface area contributed by atoms with E-state index >= 15 is 0 Å².